The number of aromatic nitrogens is 1. The monoisotopic (exact) mass is 362 g/mol. The van der Waals surface area contributed by atoms with Crippen molar-refractivity contribution in [3.8, 4) is 0 Å². The van der Waals surface area contributed by atoms with Crippen LogP contribution in [0.1, 0.15) is 44.2 Å². The maximum Gasteiger partial charge on any atom is 0.227 e. The molecule has 2 bridgehead atoms. The van der Waals surface area contributed by atoms with Gasteiger partial charge < -0.3 is 15.5 Å². The van der Waals surface area contributed by atoms with Crippen LogP contribution in [-0.4, -0.2) is 52.3 Å². The number of thiazole rings is 1. The van der Waals surface area contributed by atoms with E-state index in [1.165, 1.54) is 30.6 Å². The van der Waals surface area contributed by atoms with Gasteiger partial charge in [0.2, 0.25) is 11.8 Å². The zero-order chi connectivity index (χ0) is 17.4. The molecule has 136 valence electrons. The number of aryl methyl sites for hydroxylation is 1. The summed E-state index contributed by atoms with van der Waals surface area (Å²) in [6, 6.07) is 0.214. The van der Waals surface area contributed by atoms with Crippen molar-refractivity contribution in [2.45, 2.75) is 51.0 Å². The van der Waals surface area contributed by atoms with Crippen LogP contribution in [0.4, 0.5) is 5.13 Å². The Morgan fingerprint density at radius 1 is 1.28 bits per heavy atom. The zero-order valence-corrected chi connectivity index (χ0v) is 15.3. The maximum absolute atomic E-state index is 12.8. The van der Waals surface area contributed by atoms with E-state index >= 15 is 0 Å². The van der Waals surface area contributed by atoms with Crippen LogP contribution in [0.25, 0.3) is 0 Å². The lowest BCUT2D eigenvalue weighted by Crippen LogP contribution is -2.50. The van der Waals surface area contributed by atoms with E-state index in [2.05, 4.69) is 9.88 Å². The normalized spacial score (nSPS) is 26.6. The number of piperidine rings is 1. The van der Waals surface area contributed by atoms with Gasteiger partial charge in [-0.1, -0.05) is 6.42 Å². The molecule has 3 aliphatic heterocycles. The molecule has 25 heavy (non-hydrogen) atoms. The Morgan fingerprint density at radius 2 is 2.12 bits per heavy atom. The summed E-state index contributed by atoms with van der Waals surface area (Å²) in [6.45, 7) is 2.20. The third-order valence-corrected chi connectivity index (χ3v) is 6.71. The fourth-order valence-corrected chi connectivity index (χ4v) is 4.87. The second-order valence-electron chi connectivity index (χ2n) is 7.69. The highest BCUT2D eigenvalue weighted by atomic mass is 32.1. The van der Waals surface area contributed by atoms with E-state index in [9.17, 15) is 9.59 Å². The topological polar surface area (TPSA) is 79.5 Å². The average molecular weight is 362 g/mol. The molecule has 1 aromatic heterocycles. The molecule has 0 spiro atoms. The summed E-state index contributed by atoms with van der Waals surface area (Å²) in [4.78, 5) is 33.7. The van der Waals surface area contributed by atoms with E-state index in [4.69, 9.17) is 5.73 Å². The van der Waals surface area contributed by atoms with Gasteiger partial charge in [0.25, 0.3) is 0 Å². The Bertz CT molecular complexity index is 657. The van der Waals surface area contributed by atoms with Gasteiger partial charge in [0.15, 0.2) is 5.13 Å². The molecule has 3 saturated heterocycles. The first-order valence-corrected chi connectivity index (χ1v) is 10.3. The van der Waals surface area contributed by atoms with Gasteiger partial charge in [0.05, 0.1) is 11.6 Å². The lowest BCUT2D eigenvalue weighted by atomic mass is 9.83. The number of rotatable bonds is 5. The minimum atomic E-state index is -0.00214. The first-order valence-electron chi connectivity index (χ1n) is 9.38. The summed E-state index contributed by atoms with van der Waals surface area (Å²) >= 11 is 1.41. The highest BCUT2D eigenvalue weighted by molar-refractivity contribution is 7.13. The first-order chi connectivity index (χ1) is 12.1. The van der Waals surface area contributed by atoms with E-state index in [-0.39, 0.29) is 23.8 Å². The van der Waals surface area contributed by atoms with Crippen LogP contribution in [0.2, 0.25) is 0 Å². The van der Waals surface area contributed by atoms with E-state index in [0.29, 0.717) is 37.0 Å². The summed E-state index contributed by atoms with van der Waals surface area (Å²) in [5, 5.41) is 2.46. The molecule has 4 heterocycles. The van der Waals surface area contributed by atoms with E-state index in [1.54, 1.807) is 0 Å². The maximum atomic E-state index is 12.8. The van der Waals surface area contributed by atoms with Crippen molar-refractivity contribution < 1.29 is 9.59 Å². The molecule has 4 fully saturated rings. The van der Waals surface area contributed by atoms with Crippen LogP contribution in [0.3, 0.4) is 0 Å². The Hall–Kier alpha value is -1.63. The molecule has 5 rings (SSSR count). The molecule has 1 saturated carbocycles. The minimum Gasteiger partial charge on any atom is -0.375 e. The van der Waals surface area contributed by atoms with Crippen LogP contribution in [-0.2, 0) is 16.0 Å². The Morgan fingerprint density at radius 3 is 2.80 bits per heavy atom. The average Bonchev–Trinajstić information content (AvgIpc) is 2.78. The molecular weight excluding hydrogens is 336 g/mol. The van der Waals surface area contributed by atoms with Crippen LogP contribution in [0, 0.1) is 11.8 Å². The van der Waals surface area contributed by atoms with Crippen molar-refractivity contribution in [2.24, 2.45) is 11.8 Å². The SMILES string of the molecule is Nc1nc(CCC(=O)N2C[C@@H]3CC[C@H](C2)N(CC2CCC2)C3=O)cs1. The van der Waals surface area contributed by atoms with Crippen molar-refractivity contribution in [1.29, 1.82) is 0 Å². The summed E-state index contributed by atoms with van der Waals surface area (Å²) in [7, 11) is 0. The van der Waals surface area contributed by atoms with Gasteiger partial charge in [-0.25, -0.2) is 4.98 Å². The fourth-order valence-electron chi connectivity index (χ4n) is 4.27. The lowest BCUT2D eigenvalue weighted by molar-refractivity contribution is -0.141. The van der Waals surface area contributed by atoms with Crippen LogP contribution >= 0.6 is 11.3 Å². The van der Waals surface area contributed by atoms with E-state index in [1.807, 2.05) is 10.3 Å². The number of amides is 2. The number of nitrogens with zero attached hydrogens (tertiary/aromatic N) is 3. The molecular formula is C18H26N4O2S. The highest BCUT2D eigenvalue weighted by Gasteiger charge is 2.42. The van der Waals surface area contributed by atoms with Crippen LogP contribution in [0.15, 0.2) is 5.38 Å². The quantitative estimate of drug-likeness (QED) is 0.868. The number of carbonyl (C=O) groups is 2. The molecule has 7 heteroatoms. The fraction of sp³-hybridized carbons (Fsp3) is 0.722. The largest absolute Gasteiger partial charge is 0.375 e. The molecule has 4 aliphatic rings. The van der Waals surface area contributed by atoms with Crippen molar-refractivity contribution >= 4 is 28.3 Å². The van der Waals surface area contributed by atoms with Crippen molar-refractivity contribution in [1.82, 2.24) is 14.8 Å². The molecule has 2 amide bonds. The Labute approximate surface area is 152 Å². The summed E-state index contributed by atoms with van der Waals surface area (Å²) < 4.78 is 0. The Balaban J connectivity index is 1.38. The van der Waals surface area contributed by atoms with Crippen LogP contribution in [0.5, 0.6) is 0 Å². The van der Waals surface area contributed by atoms with Gasteiger partial charge in [0.1, 0.15) is 0 Å². The van der Waals surface area contributed by atoms with Gasteiger partial charge in [-0.15, -0.1) is 11.3 Å². The van der Waals surface area contributed by atoms with Gasteiger partial charge in [-0.3, -0.25) is 9.59 Å². The second-order valence-corrected chi connectivity index (χ2v) is 8.58. The van der Waals surface area contributed by atoms with Crippen molar-refractivity contribution in [3.05, 3.63) is 11.1 Å². The number of nitrogen functional groups attached to an aromatic ring is 1. The second kappa shape index (κ2) is 6.94. The molecule has 2 atom stereocenters. The zero-order valence-electron chi connectivity index (χ0n) is 14.5. The highest BCUT2D eigenvalue weighted by Crippen LogP contribution is 2.34. The number of nitrogens with two attached hydrogens (primary N) is 1. The molecule has 0 radical (unpaired) electrons. The standard InChI is InChI=1S/C18H26N4O2S/c19-18-20-14(11-25-18)5-7-16(23)21-9-13-4-6-15(10-21)22(17(13)24)8-12-2-1-3-12/h11-13,15H,1-10H2,(H2,19,20)/t13-,15+/m0/s1. The minimum absolute atomic E-state index is 0.00214. The van der Waals surface area contributed by atoms with Crippen molar-refractivity contribution in [2.75, 3.05) is 25.4 Å². The summed E-state index contributed by atoms with van der Waals surface area (Å²) in [5.41, 5.74) is 6.53. The predicted octanol–water partition coefficient (Wildman–Crippen LogP) is 1.91. The molecule has 1 aliphatic carbocycles. The Kier molecular flexibility index (Phi) is 4.67. The number of anilines is 1. The van der Waals surface area contributed by atoms with Gasteiger partial charge in [0, 0.05) is 37.5 Å². The van der Waals surface area contributed by atoms with Gasteiger partial charge in [-0.2, -0.15) is 0 Å². The van der Waals surface area contributed by atoms with E-state index < -0.39 is 0 Å². The number of hydrogen-bond donors (Lipinski definition) is 1. The van der Waals surface area contributed by atoms with Crippen LogP contribution < -0.4 is 5.73 Å². The predicted molar refractivity (Wildman–Crippen MR) is 97.0 cm³/mol. The molecule has 6 nitrogen and oxygen atoms in total. The smallest absolute Gasteiger partial charge is 0.227 e. The third kappa shape index (κ3) is 3.52. The number of carbonyl (C=O) groups excluding carboxylic acids is 2. The van der Waals surface area contributed by atoms with Crippen molar-refractivity contribution in [3.63, 3.8) is 0 Å². The lowest BCUT2D eigenvalue weighted by Gasteiger charge is -2.40. The third-order valence-electron chi connectivity index (χ3n) is 5.99. The van der Waals surface area contributed by atoms with E-state index in [0.717, 1.165) is 25.1 Å². The molecule has 0 aromatic carbocycles. The van der Waals surface area contributed by atoms with Gasteiger partial charge >= 0.3 is 0 Å². The van der Waals surface area contributed by atoms with Gasteiger partial charge in [-0.05, 0) is 38.0 Å². The molecule has 0 unspecified atom stereocenters. The summed E-state index contributed by atoms with van der Waals surface area (Å²) in [5.74, 6) is 1.10. The number of hydrogen-bond acceptors (Lipinski definition) is 5. The first kappa shape index (κ1) is 16.8. The summed E-state index contributed by atoms with van der Waals surface area (Å²) in [6.07, 6.45) is 6.83. The molecule has 2 N–H and O–H groups in total. The number of fused-ring (bicyclic) bond motifs is 4. The molecule has 1 aromatic rings.